The maximum atomic E-state index is 12.4. The van der Waals surface area contributed by atoms with Crippen LogP contribution in [0.25, 0.3) is 12.2 Å². The van der Waals surface area contributed by atoms with Crippen LogP contribution < -0.4 is 0 Å². The number of carbonyl (C=O) groups excluding carboxylic acids is 2. The van der Waals surface area contributed by atoms with Crippen LogP contribution >= 0.6 is 23.5 Å². The predicted octanol–water partition coefficient (Wildman–Crippen LogP) is 5.71. The number of alkyl halides is 4. The van der Waals surface area contributed by atoms with E-state index in [1.165, 1.54) is 12.2 Å². The minimum atomic E-state index is -2.48. The Balaban J connectivity index is 1.45. The second kappa shape index (κ2) is 12.7. The summed E-state index contributed by atoms with van der Waals surface area (Å²) in [6.07, 6.45) is 6.13. The van der Waals surface area contributed by atoms with E-state index in [9.17, 15) is 27.2 Å². The molecule has 1 aliphatic rings. The lowest BCUT2D eigenvalue weighted by molar-refractivity contribution is -0.133. The second-order valence-corrected chi connectivity index (χ2v) is 9.34. The van der Waals surface area contributed by atoms with E-state index < -0.39 is 11.5 Å². The van der Waals surface area contributed by atoms with E-state index in [1.54, 1.807) is 70.5 Å². The highest BCUT2D eigenvalue weighted by molar-refractivity contribution is 7.99. The second-order valence-electron chi connectivity index (χ2n) is 7.21. The van der Waals surface area contributed by atoms with E-state index in [0.717, 1.165) is 11.1 Å². The van der Waals surface area contributed by atoms with Crippen LogP contribution in [0.5, 0.6) is 0 Å². The predicted molar refractivity (Wildman–Crippen MR) is 128 cm³/mol. The molecule has 0 atom stereocenters. The van der Waals surface area contributed by atoms with E-state index in [0.29, 0.717) is 59.5 Å². The topological polar surface area (TPSA) is 40.6 Å². The standard InChI is InChI=1S/C24H22F4N2O2S2/c25-23(26)33-19-7-1-17(2-8-19)5-11-21(31)29-13-15-30(16-14-29)22(32)12-6-18-3-9-20(10-4-18)34-24(27)28/h1-12,23-24H,13-16H2/b11-5+,12-6+. The summed E-state index contributed by atoms with van der Waals surface area (Å²) in [4.78, 5) is 29.1. The summed E-state index contributed by atoms with van der Waals surface area (Å²) < 4.78 is 49.5. The third-order valence-electron chi connectivity index (χ3n) is 4.95. The smallest absolute Gasteiger partial charge is 0.288 e. The maximum absolute atomic E-state index is 12.4. The van der Waals surface area contributed by atoms with Crippen LogP contribution in [0.1, 0.15) is 11.1 Å². The van der Waals surface area contributed by atoms with E-state index >= 15 is 0 Å². The number of hydrogen-bond acceptors (Lipinski definition) is 4. The minimum absolute atomic E-state index is 0.185. The van der Waals surface area contributed by atoms with Crippen molar-refractivity contribution >= 4 is 47.5 Å². The van der Waals surface area contributed by atoms with Crippen LogP contribution in [0, 0.1) is 0 Å². The molecule has 1 fully saturated rings. The molecule has 0 N–H and O–H groups in total. The van der Waals surface area contributed by atoms with Gasteiger partial charge < -0.3 is 9.80 Å². The van der Waals surface area contributed by atoms with Gasteiger partial charge in [-0.25, -0.2) is 0 Å². The molecule has 0 unspecified atom stereocenters. The molecule has 2 aromatic carbocycles. The van der Waals surface area contributed by atoms with Crippen LogP contribution in [-0.2, 0) is 9.59 Å². The highest BCUT2D eigenvalue weighted by atomic mass is 32.2. The molecule has 2 amide bonds. The number of carbonyl (C=O) groups is 2. The Hall–Kier alpha value is -2.72. The van der Waals surface area contributed by atoms with Crippen LogP contribution in [0.3, 0.4) is 0 Å². The highest BCUT2D eigenvalue weighted by Gasteiger charge is 2.21. The van der Waals surface area contributed by atoms with Crippen molar-refractivity contribution in [2.75, 3.05) is 26.2 Å². The number of amides is 2. The summed E-state index contributed by atoms with van der Waals surface area (Å²) in [5.74, 6) is -5.32. The van der Waals surface area contributed by atoms with Crippen molar-refractivity contribution in [1.82, 2.24) is 9.80 Å². The molecule has 2 aromatic rings. The molecule has 0 aromatic heterocycles. The summed E-state index contributed by atoms with van der Waals surface area (Å²) in [5, 5.41) is 0. The molecular weight excluding hydrogens is 488 g/mol. The highest BCUT2D eigenvalue weighted by Crippen LogP contribution is 2.26. The van der Waals surface area contributed by atoms with Gasteiger partial charge >= 0.3 is 0 Å². The van der Waals surface area contributed by atoms with Gasteiger partial charge in [-0.2, -0.15) is 17.6 Å². The first-order valence-corrected chi connectivity index (χ1v) is 12.1. The van der Waals surface area contributed by atoms with E-state index in [2.05, 4.69) is 0 Å². The fourth-order valence-electron chi connectivity index (χ4n) is 3.21. The zero-order valence-corrected chi connectivity index (χ0v) is 19.6. The number of benzene rings is 2. The molecular formula is C24H22F4N2O2S2. The van der Waals surface area contributed by atoms with Crippen molar-refractivity contribution < 1.29 is 27.2 Å². The molecule has 0 spiro atoms. The average molecular weight is 511 g/mol. The normalized spacial score (nSPS) is 14.6. The lowest BCUT2D eigenvalue weighted by Crippen LogP contribution is -2.49. The number of hydrogen-bond donors (Lipinski definition) is 0. The van der Waals surface area contributed by atoms with Crippen LogP contribution in [0.15, 0.2) is 70.5 Å². The van der Waals surface area contributed by atoms with Crippen LogP contribution in [0.2, 0.25) is 0 Å². The van der Waals surface area contributed by atoms with Gasteiger partial charge in [-0.1, -0.05) is 47.8 Å². The van der Waals surface area contributed by atoms with Crippen LogP contribution in [0.4, 0.5) is 17.6 Å². The van der Waals surface area contributed by atoms with Gasteiger partial charge in [0.2, 0.25) is 11.8 Å². The molecule has 0 aliphatic carbocycles. The third kappa shape index (κ3) is 8.25. The Kier molecular flexibility index (Phi) is 9.64. The molecule has 0 radical (unpaired) electrons. The fourth-order valence-corrected chi connectivity index (χ4v) is 4.21. The van der Waals surface area contributed by atoms with Crippen molar-refractivity contribution in [3.05, 3.63) is 71.8 Å². The number of piperazine rings is 1. The minimum Gasteiger partial charge on any atom is -0.336 e. The molecule has 180 valence electrons. The summed E-state index contributed by atoms with van der Waals surface area (Å²) in [7, 11) is 0. The van der Waals surface area contributed by atoms with E-state index in [1.807, 2.05) is 0 Å². The molecule has 3 rings (SSSR count). The molecule has 1 aliphatic heterocycles. The molecule has 34 heavy (non-hydrogen) atoms. The average Bonchev–Trinajstić information content (AvgIpc) is 2.82. The molecule has 1 heterocycles. The van der Waals surface area contributed by atoms with Crippen molar-refractivity contribution in [3.63, 3.8) is 0 Å². The lowest BCUT2D eigenvalue weighted by Gasteiger charge is -2.33. The van der Waals surface area contributed by atoms with Gasteiger partial charge in [0.25, 0.3) is 11.5 Å². The SMILES string of the molecule is O=C(/C=C/c1ccc(SC(F)F)cc1)N1CCN(C(=O)/C=C/c2ccc(SC(F)F)cc2)CC1. The molecule has 0 saturated carbocycles. The quantitative estimate of drug-likeness (QED) is 0.259. The Morgan fingerprint density at radius 3 is 1.26 bits per heavy atom. The fraction of sp³-hybridized carbons (Fsp3) is 0.250. The molecule has 10 heteroatoms. The van der Waals surface area contributed by atoms with Gasteiger partial charge in [0.05, 0.1) is 0 Å². The van der Waals surface area contributed by atoms with Crippen molar-refractivity contribution in [2.45, 2.75) is 21.3 Å². The monoisotopic (exact) mass is 510 g/mol. The van der Waals surface area contributed by atoms with Crippen molar-refractivity contribution in [3.8, 4) is 0 Å². The number of halogens is 4. The summed E-state index contributed by atoms with van der Waals surface area (Å²) in [5.41, 5.74) is 1.46. The van der Waals surface area contributed by atoms with E-state index in [-0.39, 0.29) is 11.8 Å². The first-order valence-electron chi connectivity index (χ1n) is 10.3. The Labute approximate surface area is 203 Å². The van der Waals surface area contributed by atoms with Gasteiger partial charge in [-0.3, -0.25) is 9.59 Å². The van der Waals surface area contributed by atoms with Crippen molar-refractivity contribution in [2.24, 2.45) is 0 Å². The third-order valence-corrected chi connectivity index (χ3v) is 6.40. The lowest BCUT2D eigenvalue weighted by atomic mass is 10.2. The van der Waals surface area contributed by atoms with Gasteiger partial charge in [-0.15, -0.1) is 0 Å². The zero-order chi connectivity index (χ0) is 24.5. The van der Waals surface area contributed by atoms with Crippen molar-refractivity contribution in [1.29, 1.82) is 0 Å². The van der Waals surface area contributed by atoms with Gasteiger partial charge in [0, 0.05) is 48.1 Å². The summed E-state index contributed by atoms with van der Waals surface area (Å²) in [6, 6.07) is 13.0. The Bertz CT molecular complexity index is 937. The number of thioether (sulfide) groups is 2. The molecule has 4 nitrogen and oxygen atoms in total. The molecule has 0 bridgehead atoms. The molecule has 1 saturated heterocycles. The first-order chi connectivity index (χ1) is 16.3. The number of nitrogens with zero attached hydrogens (tertiary/aromatic N) is 2. The van der Waals surface area contributed by atoms with Gasteiger partial charge in [0.1, 0.15) is 0 Å². The number of rotatable bonds is 8. The maximum Gasteiger partial charge on any atom is 0.288 e. The largest absolute Gasteiger partial charge is 0.336 e. The Morgan fingerprint density at radius 2 is 0.971 bits per heavy atom. The van der Waals surface area contributed by atoms with Gasteiger partial charge in [0.15, 0.2) is 0 Å². The van der Waals surface area contributed by atoms with Crippen LogP contribution in [-0.4, -0.2) is 59.3 Å². The summed E-state index contributed by atoms with van der Waals surface area (Å²) in [6.45, 7) is 1.58. The first kappa shape index (κ1) is 25.9. The van der Waals surface area contributed by atoms with Gasteiger partial charge in [-0.05, 0) is 47.5 Å². The summed E-state index contributed by atoms with van der Waals surface area (Å²) >= 11 is 0.932. The van der Waals surface area contributed by atoms with E-state index in [4.69, 9.17) is 0 Å². The zero-order valence-electron chi connectivity index (χ0n) is 18.0. The Morgan fingerprint density at radius 1 is 0.647 bits per heavy atom.